The van der Waals surface area contributed by atoms with Crippen LogP contribution in [0.2, 0.25) is 0 Å². The molecular weight excluding hydrogens is 374 g/mol. The van der Waals surface area contributed by atoms with Crippen molar-refractivity contribution in [2.24, 2.45) is 5.92 Å². The van der Waals surface area contributed by atoms with Gasteiger partial charge >= 0.3 is 0 Å². The van der Waals surface area contributed by atoms with Crippen LogP contribution >= 0.6 is 0 Å². The number of nitrogens with zero attached hydrogens (tertiary/aromatic N) is 4. The van der Waals surface area contributed by atoms with Gasteiger partial charge in [0, 0.05) is 45.3 Å². The maximum Gasteiger partial charge on any atom is 0.255 e. The van der Waals surface area contributed by atoms with E-state index in [2.05, 4.69) is 38.2 Å². The van der Waals surface area contributed by atoms with Crippen molar-refractivity contribution in [2.45, 2.75) is 12.5 Å². The van der Waals surface area contributed by atoms with Crippen molar-refractivity contribution in [1.82, 2.24) is 25.2 Å². The second-order valence-electron chi connectivity index (χ2n) is 6.72. The van der Waals surface area contributed by atoms with E-state index in [9.17, 15) is 9.59 Å². The fourth-order valence-electron chi connectivity index (χ4n) is 3.35. The summed E-state index contributed by atoms with van der Waals surface area (Å²) in [5.41, 5.74) is 1.32. The highest BCUT2D eigenvalue weighted by atomic mass is 16.5. The van der Waals surface area contributed by atoms with Crippen molar-refractivity contribution in [1.29, 1.82) is 5.26 Å². The molecule has 29 heavy (non-hydrogen) atoms. The minimum atomic E-state index is -0.272. The van der Waals surface area contributed by atoms with Gasteiger partial charge in [-0.3, -0.25) is 9.59 Å². The van der Waals surface area contributed by atoms with Crippen LogP contribution in [0, 0.1) is 17.2 Å². The van der Waals surface area contributed by atoms with Gasteiger partial charge in [-0.1, -0.05) is 6.58 Å². The van der Waals surface area contributed by atoms with Gasteiger partial charge in [0.25, 0.3) is 5.91 Å². The summed E-state index contributed by atoms with van der Waals surface area (Å²) < 4.78 is 4.94. The third-order valence-electron chi connectivity index (χ3n) is 4.83. The van der Waals surface area contributed by atoms with Crippen LogP contribution in [0.1, 0.15) is 16.8 Å². The summed E-state index contributed by atoms with van der Waals surface area (Å²) in [5.74, 6) is -0.00141. The predicted molar refractivity (Wildman–Crippen MR) is 106 cm³/mol. The molecule has 3 N–H and O–H groups in total. The van der Waals surface area contributed by atoms with Crippen molar-refractivity contribution >= 4 is 28.8 Å². The number of fused-ring (bicyclic) bond motifs is 1. The smallest absolute Gasteiger partial charge is 0.255 e. The highest BCUT2D eigenvalue weighted by Gasteiger charge is 2.34. The van der Waals surface area contributed by atoms with E-state index < -0.39 is 0 Å². The molecule has 0 saturated carbocycles. The molecule has 0 bridgehead atoms. The minimum Gasteiger partial charge on any atom is -0.383 e. The van der Waals surface area contributed by atoms with Crippen LogP contribution in [0.3, 0.4) is 0 Å². The van der Waals surface area contributed by atoms with Crippen LogP contribution in [0.15, 0.2) is 25.0 Å². The molecule has 0 aliphatic carbocycles. The molecule has 0 aromatic carbocycles. The Morgan fingerprint density at radius 1 is 1.52 bits per heavy atom. The number of hydrogen-bond donors (Lipinski definition) is 3. The average molecular weight is 397 g/mol. The van der Waals surface area contributed by atoms with Crippen LogP contribution in [0.5, 0.6) is 0 Å². The number of rotatable bonds is 8. The largest absolute Gasteiger partial charge is 0.383 e. The van der Waals surface area contributed by atoms with Crippen LogP contribution in [-0.4, -0.2) is 71.1 Å². The molecule has 152 valence electrons. The molecule has 3 heterocycles. The van der Waals surface area contributed by atoms with Gasteiger partial charge in [0.05, 0.1) is 30.5 Å². The van der Waals surface area contributed by atoms with Gasteiger partial charge in [-0.2, -0.15) is 5.26 Å². The molecule has 2 atom stereocenters. The maximum atomic E-state index is 12.4. The monoisotopic (exact) mass is 397 g/mol. The predicted octanol–water partition coefficient (Wildman–Crippen LogP) is 0.673. The Hall–Kier alpha value is -3.45. The third kappa shape index (κ3) is 4.52. The van der Waals surface area contributed by atoms with E-state index in [1.54, 1.807) is 24.4 Å². The molecule has 1 aliphatic heterocycles. The third-order valence-corrected chi connectivity index (χ3v) is 4.83. The zero-order valence-corrected chi connectivity index (χ0v) is 16.1. The van der Waals surface area contributed by atoms with E-state index in [4.69, 9.17) is 10.00 Å². The molecule has 10 nitrogen and oxygen atoms in total. The lowest BCUT2D eigenvalue weighted by Crippen LogP contribution is -2.31. The van der Waals surface area contributed by atoms with E-state index in [0.29, 0.717) is 55.2 Å². The summed E-state index contributed by atoms with van der Waals surface area (Å²) in [6.45, 7) is 5.23. The number of hydrogen-bond acceptors (Lipinski definition) is 7. The number of ether oxygens (including phenoxy) is 1. The van der Waals surface area contributed by atoms with Gasteiger partial charge in [-0.25, -0.2) is 9.97 Å². The Morgan fingerprint density at radius 2 is 2.34 bits per heavy atom. The number of likely N-dealkylation sites (tertiary alicyclic amines) is 1. The highest BCUT2D eigenvalue weighted by molar-refractivity contribution is 6.04. The van der Waals surface area contributed by atoms with Crippen molar-refractivity contribution in [3.63, 3.8) is 0 Å². The molecule has 2 amide bonds. The van der Waals surface area contributed by atoms with Gasteiger partial charge in [0.1, 0.15) is 11.3 Å². The number of amides is 2. The molecule has 10 heteroatoms. The average Bonchev–Trinajstić information content (AvgIpc) is 3.32. The fourth-order valence-corrected chi connectivity index (χ4v) is 3.35. The summed E-state index contributed by atoms with van der Waals surface area (Å²) in [7, 11) is 1.56. The Balaban J connectivity index is 1.78. The normalized spacial score (nSPS) is 18.4. The highest BCUT2D eigenvalue weighted by Crippen LogP contribution is 2.24. The van der Waals surface area contributed by atoms with E-state index in [0.717, 1.165) is 0 Å². The Morgan fingerprint density at radius 3 is 3.07 bits per heavy atom. The number of nitrogens with one attached hydrogen (secondary N) is 3. The number of anilines is 1. The molecule has 1 fully saturated rings. The van der Waals surface area contributed by atoms with E-state index in [1.807, 2.05) is 0 Å². The first-order chi connectivity index (χ1) is 14.1. The summed E-state index contributed by atoms with van der Waals surface area (Å²) in [6, 6.07) is 2.02. The van der Waals surface area contributed by atoms with Gasteiger partial charge < -0.3 is 25.3 Å². The molecule has 1 saturated heterocycles. The van der Waals surface area contributed by atoms with Crippen molar-refractivity contribution in [2.75, 3.05) is 38.7 Å². The maximum absolute atomic E-state index is 12.4. The minimum absolute atomic E-state index is 0.0376. The molecule has 3 rings (SSSR count). The Bertz CT molecular complexity index is 949. The zero-order chi connectivity index (χ0) is 20.8. The van der Waals surface area contributed by atoms with E-state index >= 15 is 0 Å². The molecule has 0 spiro atoms. The van der Waals surface area contributed by atoms with E-state index in [1.165, 1.54) is 6.08 Å². The first-order valence-electron chi connectivity index (χ1n) is 9.23. The fraction of sp³-hybridized carbons (Fsp3) is 0.421. The number of carbonyl (C=O) groups is 2. The van der Waals surface area contributed by atoms with Crippen LogP contribution < -0.4 is 10.6 Å². The summed E-state index contributed by atoms with van der Waals surface area (Å²) in [6.07, 6.45) is 4.71. The van der Waals surface area contributed by atoms with Gasteiger partial charge in [0.2, 0.25) is 5.91 Å². The number of carbonyl (C=O) groups excluding carboxylic acids is 2. The van der Waals surface area contributed by atoms with Crippen LogP contribution in [-0.2, 0) is 9.53 Å². The molecule has 2 aromatic rings. The second-order valence-corrected chi connectivity index (χ2v) is 6.72. The van der Waals surface area contributed by atoms with Gasteiger partial charge in [0.15, 0.2) is 5.65 Å². The molecule has 0 unspecified atom stereocenters. The summed E-state index contributed by atoms with van der Waals surface area (Å²) in [4.78, 5) is 37.8. The second kappa shape index (κ2) is 9.16. The number of H-pyrrole nitrogens is 1. The standard InChI is InChI=1S/C19H23N7O3/c1-3-16(27)26-10-12(4-5-20)14(11-26)24-15-9-23-18-17(25-15)13(8-22-18)19(28)21-6-7-29-2/h3,8-9,12,14H,1,4,6-7,10-11H2,2H3,(H,21,28)(H,22,23)(H,24,25)/t12-,14-/m0/s1. The number of aromatic nitrogens is 3. The first kappa shape index (κ1) is 20.3. The zero-order valence-electron chi connectivity index (χ0n) is 16.1. The van der Waals surface area contributed by atoms with Crippen molar-refractivity contribution in [3.05, 3.63) is 30.6 Å². The summed E-state index contributed by atoms with van der Waals surface area (Å²) >= 11 is 0. The van der Waals surface area contributed by atoms with Crippen LogP contribution in [0.25, 0.3) is 11.2 Å². The quantitative estimate of drug-likeness (QED) is 0.440. The lowest BCUT2D eigenvalue weighted by Gasteiger charge is -2.18. The molecular formula is C19H23N7O3. The van der Waals surface area contributed by atoms with Crippen molar-refractivity contribution < 1.29 is 14.3 Å². The molecule has 2 aromatic heterocycles. The first-order valence-corrected chi connectivity index (χ1v) is 9.23. The Kier molecular flexibility index (Phi) is 6.41. The van der Waals surface area contributed by atoms with Crippen molar-refractivity contribution in [3.8, 4) is 6.07 Å². The number of nitriles is 1. The molecule has 0 radical (unpaired) electrons. The summed E-state index contributed by atoms with van der Waals surface area (Å²) in [5, 5.41) is 15.1. The number of aromatic amines is 1. The topological polar surface area (TPSA) is 136 Å². The SMILES string of the molecule is C=CC(=O)N1C[C@H](CC#N)[C@@H](Nc2cnc3[nH]cc(C(=O)NCCOC)c3n2)C1. The number of methoxy groups -OCH3 is 1. The van der Waals surface area contributed by atoms with Gasteiger partial charge in [-0.15, -0.1) is 0 Å². The lowest BCUT2D eigenvalue weighted by atomic mass is 10.0. The molecule has 1 aliphatic rings. The lowest BCUT2D eigenvalue weighted by molar-refractivity contribution is -0.125. The Labute approximate surface area is 167 Å². The van der Waals surface area contributed by atoms with Gasteiger partial charge in [-0.05, 0) is 6.08 Å². The van der Waals surface area contributed by atoms with E-state index in [-0.39, 0.29) is 23.8 Å². The van der Waals surface area contributed by atoms with Crippen LogP contribution in [0.4, 0.5) is 5.82 Å².